The van der Waals surface area contributed by atoms with E-state index in [0.29, 0.717) is 6.54 Å². The maximum absolute atomic E-state index is 12.1. The van der Waals surface area contributed by atoms with E-state index in [4.69, 9.17) is 11.6 Å². The number of nitrogens with one attached hydrogen (secondary N) is 1. The number of nitrogens with zero attached hydrogens (tertiary/aromatic N) is 1. The number of halogens is 1. The van der Waals surface area contributed by atoms with E-state index < -0.39 is 0 Å². The van der Waals surface area contributed by atoms with Crippen molar-refractivity contribution in [1.29, 1.82) is 0 Å². The summed E-state index contributed by atoms with van der Waals surface area (Å²) in [6.07, 6.45) is 3.77. The molecule has 2 rings (SSSR count). The number of benzene rings is 1. The molecule has 0 spiro atoms. The van der Waals surface area contributed by atoms with Crippen LogP contribution in [0.15, 0.2) is 24.3 Å². The van der Waals surface area contributed by atoms with Crippen LogP contribution in [0.3, 0.4) is 0 Å². The molecular weight excluding hydrogens is 276 g/mol. The standard InChI is InChI=1S/C15H21ClN2O2/c16-13-6-4-12(5-7-13)8-9-17-15(20)18-10-2-1-3-14(18)11-19/h4-7,14,19H,1-3,8-11H2,(H,17,20)/t14-/m1/s1. The molecule has 4 nitrogen and oxygen atoms in total. The van der Waals surface area contributed by atoms with Gasteiger partial charge in [-0.3, -0.25) is 0 Å². The largest absolute Gasteiger partial charge is 0.394 e. The number of aliphatic hydroxyl groups excluding tert-OH is 1. The quantitative estimate of drug-likeness (QED) is 0.896. The summed E-state index contributed by atoms with van der Waals surface area (Å²) in [7, 11) is 0. The number of amides is 2. The van der Waals surface area contributed by atoms with E-state index in [2.05, 4.69) is 5.32 Å². The van der Waals surface area contributed by atoms with Gasteiger partial charge in [-0.15, -0.1) is 0 Å². The van der Waals surface area contributed by atoms with Gasteiger partial charge in [0.2, 0.25) is 0 Å². The van der Waals surface area contributed by atoms with E-state index in [0.717, 1.165) is 42.8 Å². The highest BCUT2D eigenvalue weighted by atomic mass is 35.5. The Balaban J connectivity index is 1.78. The second-order valence-electron chi connectivity index (χ2n) is 5.13. The molecule has 0 unspecified atom stereocenters. The minimum Gasteiger partial charge on any atom is -0.394 e. The molecular formula is C15H21ClN2O2. The van der Waals surface area contributed by atoms with Crippen LogP contribution in [0.4, 0.5) is 4.79 Å². The fourth-order valence-corrected chi connectivity index (χ4v) is 2.65. The van der Waals surface area contributed by atoms with E-state index >= 15 is 0 Å². The zero-order chi connectivity index (χ0) is 14.4. The number of carbonyl (C=O) groups excluding carboxylic acids is 1. The van der Waals surface area contributed by atoms with E-state index in [9.17, 15) is 9.90 Å². The lowest BCUT2D eigenvalue weighted by Gasteiger charge is -2.34. The van der Waals surface area contributed by atoms with Gasteiger partial charge < -0.3 is 15.3 Å². The Bertz CT molecular complexity index is 436. The lowest BCUT2D eigenvalue weighted by Crippen LogP contribution is -2.50. The average molecular weight is 297 g/mol. The van der Waals surface area contributed by atoms with Crippen LogP contribution in [-0.4, -0.2) is 41.8 Å². The predicted octanol–water partition coefficient (Wildman–Crippen LogP) is 2.44. The Labute approximate surface area is 124 Å². The molecule has 1 saturated heterocycles. The Morgan fingerprint density at radius 1 is 1.35 bits per heavy atom. The first-order valence-electron chi connectivity index (χ1n) is 7.10. The third kappa shape index (κ3) is 4.12. The summed E-state index contributed by atoms with van der Waals surface area (Å²) < 4.78 is 0. The number of hydrogen-bond acceptors (Lipinski definition) is 2. The van der Waals surface area contributed by atoms with Gasteiger partial charge >= 0.3 is 6.03 Å². The van der Waals surface area contributed by atoms with Gasteiger partial charge in [0.05, 0.1) is 12.6 Å². The van der Waals surface area contributed by atoms with Gasteiger partial charge in [0.1, 0.15) is 0 Å². The molecule has 1 aromatic rings. The number of urea groups is 1. The molecule has 1 atom stereocenters. The lowest BCUT2D eigenvalue weighted by molar-refractivity contribution is 0.108. The Hall–Kier alpha value is -1.26. The van der Waals surface area contributed by atoms with Gasteiger partial charge in [-0.2, -0.15) is 0 Å². The normalized spacial score (nSPS) is 18.9. The van der Waals surface area contributed by atoms with Crippen molar-refractivity contribution in [2.24, 2.45) is 0 Å². The molecule has 1 aromatic carbocycles. The number of rotatable bonds is 4. The molecule has 0 aromatic heterocycles. The first-order valence-corrected chi connectivity index (χ1v) is 7.48. The van der Waals surface area contributed by atoms with Crippen LogP contribution in [-0.2, 0) is 6.42 Å². The highest BCUT2D eigenvalue weighted by Gasteiger charge is 2.25. The van der Waals surface area contributed by atoms with Crippen LogP contribution >= 0.6 is 11.6 Å². The summed E-state index contributed by atoms with van der Waals surface area (Å²) in [5.41, 5.74) is 1.15. The second-order valence-corrected chi connectivity index (χ2v) is 5.57. The van der Waals surface area contributed by atoms with Crippen molar-refractivity contribution in [1.82, 2.24) is 10.2 Å². The zero-order valence-electron chi connectivity index (χ0n) is 11.5. The first kappa shape index (κ1) is 15.1. The molecule has 1 fully saturated rings. The summed E-state index contributed by atoms with van der Waals surface area (Å²) in [4.78, 5) is 13.8. The second kappa shape index (κ2) is 7.50. The molecule has 2 N–H and O–H groups in total. The molecule has 1 heterocycles. The maximum Gasteiger partial charge on any atom is 0.317 e. The van der Waals surface area contributed by atoms with E-state index in [-0.39, 0.29) is 18.7 Å². The van der Waals surface area contributed by atoms with E-state index in [1.165, 1.54) is 0 Å². The van der Waals surface area contributed by atoms with Crippen LogP contribution < -0.4 is 5.32 Å². The molecule has 0 saturated carbocycles. The molecule has 5 heteroatoms. The van der Waals surface area contributed by atoms with Crippen molar-refractivity contribution < 1.29 is 9.90 Å². The van der Waals surface area contributed by atoms with Crippen molar-refractivity contribution in [3.63, 3.8) is 0 Å². The Morgan fingerprint density at radius 3 is 2.80 bits per heavy atom. The van der Waals surface area contributed by atoms with Crippen molar-refractivity contribution >= 4 is 17.6 Å². The average Bonchev–Trinajstić information content (AvgIpc) is 2.49. The number of aliphatic hydroxyl groups is 1. The van der Waals surface area contributed by atoms with Crippen LogP contribution in [0, 0.1) is 0 Å². The fraction of sp³-hybridized carbons (Fsp3) is 0.533. The molecule has 1 aliphatic heterocycles. The van der Waals surface area contributed by atoms with Gasteiger partial charge in [0.15, 0.2) is 0 Å². The van der Waals surface area contributed by atoms with Crippen LogP contribution in [0.2, 0.25) is 5.02 Å². The predicted molar refractivity (Wildman–Crippen MR) is 80.0 cm³/mol. The first-order chi connectivity index (χ1) is 9.70. The van der Waals surface area contributed by atoms with Crippen molar-refractivity contribution in [2.75, 3.05) is 19.7 Å². The summed E-state index contributed by atoms with van der Waals surface area (Å²) >= 11 is 5.83. The summed E-state index contributed by atoms with van der Waals surface area (Å²) in [6.45, 7) is 1.37. The van der Waals surface area contributed by atoms with Crippen molar-refractivity contribution in [3.05, 3.63) is 34.9 Å². The van der Waals surface area contributed by atoms with Gasteiger partial charge in [-0.25, -0.2) is 4.79 Å². The van der Waals surface area contributed by atoms with Crippen molar-refractivity contribution in [3.8, 4) is 0 Å². The molecule has 1 aliphatic rings. The Kier molecular flexibility index (Phi) is 5.68. The minimum atomic E-state index is -0.0716. The smallest absolute Gasteiger partial charge is 0.317 e. The van der Waals surface area contributed by atoms with Crippen molar-refractivity contribution in [2.45, 2.75) is 31.7 Å². The van der Waals surface area contributed by atoms with Crippen LogP contribution in [0.1, 0.15) is 24.8 Å². The van der Waals surface area contributed by atoms with E-state index in [1.54, 1.807) is 4.90 Å². The third-order valence-electron chi connectivity index (χ3n) is 3.70. The molecule has 0 aliphatic carbocycles. The molecule has 0 radical (unpaired) electrons. The highest BCUT2D eigenvalue weighted by Crippen LogP contribution is 2.16. The summed E-state index contributed by atoms with van der Waals surface area (Å²) in [6, 6.07) is 7.53. The number of likely N-dealkylation sites (tertiary alicyclic amines) is 1. The zero-order valence-corrected chi connectivity index (χ0v) is 12.3. The van der Waals surface area contributed by atoms with Crippen LogP contribution in [0.5, 0.6) is 0 Å². The van der Waals surface area contributed by atoms with Gasteiger partial charge in [-0.05, 0) is 43.4 Å². The van der Waals surface area contributed by atoms with Gasteiger partial charge in [-0.1, -0.05) is 23.7 Å². The molecule has 110 valence electrons. The number of hydrogen-bond donors (Lipinski definition) is 2. The summed E-state index contributed by atoms with van der Waals surface area (Å²) in [5.74, 6) is 0. The number of carbonyl (C=O) groups is 1. The number of piperidine rings is 1. The van der Waals surface area contributed by atoms with Crippen LogP contribution in [0.25, 0.3) is 0 Å². The third-order valence-corrected chi connectivity index (χ3v) is 3.95. The molecule has 0 bridgehead atoms. The lowest BCUT2D eigenvalue weighted by atomic mass is 10.0. The SMILES string of the molecule is O=C(NCCc1ccc(Cl)cc1)N1CCCC[C@@H]1CO. The fourth-order valence-electron chi connectivity index (χ4n) is 2.52. The minimum absolute atomic E-state index is 0.0284. The Morgan fingerprint density at radius 2 is 2.10 bits per heavy atom. The maximum atomic E-state index is 12.1. The molecule has 2 amide bonds. The molecule has 20 heavy (non-hydrogen) atoms. The monoisotopic (exact) mass is 296 g/mol. The van der Waals surface area contributed by atoms with Gasteiger partial charge in [0, 0.05) is 18.1 Å². The topological polar surface area (TPSA) is 52.6 Å². The summed E-state index contributed by atoms with van der Waals surface area (Å²) in [5, 5.41) is 12.9. The van der Waals surface area contributed by atoms with E-state index in [1.807, 2.05) is 24.3 Å². The highest BCUT2D eigenvalue weighted by molar-refractivity contribution is 6.30. The van der Waals surface area contributed by atoms with Gasteiger partial charge in [0.25, 0.3) is 0 Å².